The summed E-state index contributed by atoms with van der Waals surface area (Å²) in [6.07, 6.45) is 0.250. The van der Waals surface area contributed by atoms with Gasteiger partial charge in [-0.3, -0.25) is 9.59 Å². The molecule has 5 N–H and O–H groups in total. The minimum absolute atomic E-state index is 0.250. The number of hydrogen-bond acceptors (Lipinski definition) is 3. The molecular formula is C14H14N4O2. The molecule has 2 amide bonds. The Bertz CT molecular complexity index is 792. The molecule has 0 fully saturated rings. The van der Waals surface area contributed by atoms with E-state index in [-0.39, 0.29) is 6.41 Å². The molecule has 0 radical (unpaired) electrons. The van der Waals surface area contributed by atoms with Gasteiger partial charge in [0.2, 0.25) is 6.41 Å². The van der Waals surface area contributed by atoms with E-state index in [4.69, 9.17) is 10.5 Å². The lowest BCUT2D eigenvalue weighted by Gasteiger charge is -1.99. The van der Waals surface area contributed by atoms with Crippen molar-refractivity contribution in [2.75, 3.05) is 0 Å². The zero-order chi connectivity index (χ0) is 14.7. The predicted molar refractivity (Wildman–Crippen MR) is 77.1 cm³/mol. The number of nitrogens with two attached hydrogens (primary N) is 2. The molecule has 3 rings (SSSR count). The minimum Gasteiger partial charge on any atom is -0.372 e. The standard InChI is InChI=1S/C13H11N3O.CH3NO/c1-7-12-9(6-11(15-7)13(14)17)8-4-2-3-5-10(8)16-12;2-1-3/h2-6,16H,1H3,(H2,14,17);1H,(H2,2,3). The molecule has 1 aromatic carbocycles. The highest BCUT2D eigenvalue weighted by molar-refractivity contribution is 6.09. The molecule has 0 saturated heterocycles. The number of aryl methyl sites for hydroxylation is 1. The summed E-state index contributed by atoms with van der Waals surface area (Å²) in [5.74, 6) is -0.500. The van der Waals surface area contributed by atoms with Gasteiger partial charge >= 0.3 is 0 Å². The van der Waals surface area contributed by atoms with E-state index >= 15 is 0 Å². The number of rotatable bonds is 1. The van der Waals surface area contributed by atoms with Crippen molar-refractivity contribution in [3.63, 3.8) is 0 Å². The molecule has 20 heavy (non-hydrogen) atoms. The molecule has 0 aliphatic rings. The lowest BCUT2D eigenvalue weighted by atomic mass is 10.1. The molecular weight excluding hydrogens is 256 g/mol. The second kappa shape index (κ2) is 5.40. The van der Waals surface area contributed by atoms with Gasteiger partial charge in [0.05, 0.1) is 11.2 Å². The van der Waals surface area contributed by atoms with Crippen LogP contribution in [0.3, 0.4) is 0 Å². The quantitative estimate of drug-likeness (QED) is 0.577. The normalized spacial score (nSPS) is 10.1. The second-order valence-electron chi connectivity index (χ2n) is 4.19. The molecule has 0 saturated carbocycles. The molecule has 0 spiro atoms. The van der Waals surface area contributed by atoms with Gasteiger partial charge in [-0.25, -0.2) is 4.98 Å². The highest BCUT2D eigenvalue weighted by Crippen LogP contribution is 2.26. The molecule has 6 heteroatoms. The van der Waals surface area contributed by atoms with Crippen LogP contribution in [-0.2, 0) is 4.79 Å². The van der Waals surface area contributed by atoms with Crippen LogP contribution >= 0.6 is 0 Å². The van der Waals surface area contributed by atoms with Crippen LogP contribution in [-0.4, -0.2) is 22.3 Å². The summed E-state index contributed by atoms with van der Waals surface area (Å²) in [5, 5.41) is 2.07. The van der Waals surface area contributed by atoms with E-state index in [0.29, 0.717) is 5.69 Å². The first-order valence-corrected chi connectivity index (χ1v) is 5.91. The number of aromatic amines is 1. The Morgan fingerprint density at radius 1 is 1.30 bits per heavy atom. The van der Waals surface area contributed by atoms with Gasteiger partial charge in [0, 0.05) is 16.3 Å². The van der Waals surface area contributed by atoms with Crippen molar-refractivity contribution >= 4 is 34.1 Å². The number of benzene rings is 1. The minimum atomic E-state index is -0.500. The highest BCUT2D eigenvalue weighted by atomic mass is 16.1. The first-order valence-electron chi connectivity index (χ1n) is 5.91. The SMILES string of the molecule is Cc1nc(C(N)=O)cc2c1[nH]c1ccccc12.NC=O. The van der Waals surface area contributed by atoms with Crippen molar-refractivity contribution in [3.05, 3.63) is 41.7 Å². The van der Waals surface area contributed by atoms with Crippen molar-refractivity contribution in [1.29, 1.82) is 0 Å². The monoisotopic (exact) mass is 270 g/mol. The summed E-state index contributed by atoms with van der Waals surface area (Å²) < 4.78 is 0. The second-order valence-corrected chi connectivity index (χ2v) is 4.19. The number of nitrogens with zero attached hydrogens (tertiary/aromatic N) is 1. The van der Waals surface area contributed by atoms with Gasteiger partial charge < -0.3 is 16.5 Å². The molecule has 102 valence electrons. The number of para-hydroxylation sites is 1. The van der Waals surface area contributed by atoms with Gasteiger partial charge in [0.25, 0.3) is 5.91 Å². The maximum Gasteiger partial charge on any atom is 0.267 e. The number of carbonyl (C=O) groups is 2. The average molecular weight is 270 g/mol. The fraction of sp³-hybridized carbons (Fsp3) is 0.0714. The number of carbonyl (C=O) groups excluding carboxylic acids is 2. The van der Waals surface area contributed by atoms with Crippen LogP contribution in [0.5, 0.6) is 0 Å². The van der Waals surface area contributed by atoms with Crippen molar-refractivity contribution in [2.45, 2.75) is 6.92 Å². The Morgan fingerprint density at radius 2 is 1.95 bits per heavy atom. The van der Waals surface area contributed by atoms with Crippen LogP contribution in [0.4, 0.5) is 0 Å². The molecule has 0 atom stereocenters. The number of hydrogen-bond donors (Lipinski definition) is 3. The lowest BCUT2D eigenvalue weighted by Crippen LogP contribution is -2.13. The van der Waals surface area contributed by atoms with Gasteiger partial charge in [-0.15, -0.1) is 0 Å². The van der Waals surface area contributed by atoms with Crippen LogP contribution in [0, 0.1) is 6.92 Å². The van der Waals surface area contributed by atoms with E-state index in [1.807, 2.05) is 31.2 Å². The molecule has 3 aromatic rings. The summed E-state index contributed by atoms with van der Waals surface area (Å²) in [6.45, 7) is 1.87. The Kier molecular flexibility index (Phi) is 3.65. The number of aromatic nitrogens is 2. The number of H-pyrrole nitrogens is 1. The zero-order valence-electron chi connectivity index (χ0n) is 10.9. The first kappa shape index (κ1) is 13.5. The Labute approximate surface area is 114 Å². The number of fused-ring (bicyclic) bond motifs is 3. The van der Waals surface area contributed by atoms with Gasteiger partial charge in [-0.2, -0.15) is 0 Å². The lowest BCUT2D eigenvalue weighted by molar-refractivity contribution is -0.106. The number of pyridine rings is 1. The van der Waals surface area contributed by atoms with E-state index < -0.39 is 5.91 Å². The third-order valence-electron chi connectivity index (χ3n) is 2.93. The zero-order valence-corrected chi connectivity index (χ0v) is 10.9. The number of amides is 2. The Hall–Kier alpha value is -2.89. The summed E-state index contributed by atoms with van der Waals surface area (Å²) in [5.41, 5.74) is 12.5. The van der Waals surface area contributed by atoms with Crippen molar-refractivity contribution in [2.24, 2.45) is 11.5 Å². The molecule has 0 aliphatic carbocycles. The third-order valence-corrected chi connectivity index (χ3v) is 2.93. The van der Waals surface area contributed by atoms with Crippen molar-refractivity contribution in [3.8, 4) is 0 Å². The molecule has 0 bridgehead atoms. The van der Waals surface area contributed by atoms with Crippen LogP contribution < -0.4 is 11.5 Å². The van der Waals surface area contributed by atoms with Gasteiger partial charge in [-0.1, -0.05) is 18.2 Å². The third kappa shape index (κ3) is 2.31. The highest BCUT2D eigenvalue weighted by Gasteiger charge is 2.11. The van der Waals surface area contributed by atoms with Gasteiger partial charge in [-0.05, 0) is 19.1 Å². The Morgan fingerprint density at radius 3 is 2.60 bits per heavy atom. The van der Waals surface area contributed by atoms with Gasteiger partial charge in [0.1, 0.15) is 5.69 Å². The Balaban J connectivity index is 0.000000452. The molecule has 0 unspecified atom stereocenters. The van der Waals surface area contributed by atoms with Crippen LogP contribution in [0.1, 0.15) is 16.2 Å². The summed E-state index contributed by atoms with van der Waals surface area (Å²) in [6, 6.07) is 9.69. The van der Waals surface area contributed by atoms with Crippen molar-refractivity contribution < 1.29 is 9.59 Å². The average Bonchev–Trinajstić information content (AvgIpc) is 2.79. The molecule has 6 nitrogen and oxygen atoms in total. The fourth-order valence-corrected chi connectivity index (χ4v) is 2.13. The smallest absolute Gasteiger partial charge is 0.267 e. The fourth-order valence-electron chi connectivity index (χ4n) is 2.13. The largest absolute Gasteiger partial charge is 0.372 e. The number of nitrogens with one attached hydrogen (secondary N) is 1. The maximum atomic E-state index is 11.2. The maximum absolute atomic E-state index is 11.2. The van der Waals surface area contributed by atoms with E-state index in [1.54, 1.807) is 6.07 Å². The topological polar surface area (TPSA) is 115 Å². The van der Waals surface area contributed by atoms with Crippen molar-refractivity contribution in [1.82, 2.24) is 9.97 Å². The molecule has 2 aromatic heterocycles. The first-order chi connectivity index (χ1) is 9.58. The molecule has 0 aliphatic heterocycles. The number of primary amides is 2. The predicted octanol–water partition coefficient (Wildman–Crippen LogP) is 1.22. The summed E-state index contributed by atoms with van der Waals surface area (Å²) in [7, 11) is 0. The van der Waals surface area contributed by atoms with Crippen LogP contribution in [0.15, 0.2) is 30.3 Å². The van der Waals surface area contributed by atoms with E-state index in [2.05, 4.69) is 15.7 Å². The summed E-state index contributed by atoms with van der Waals surface area (Å²) in [4.78, 5) is 27.3. The van der Waals surface area contributed by atoms with Crippen LogP contribution in [0.25, 0.3) is 21.8 Å². The summed E-state index contributed by atoms with van der Waals surface area (Å²) >= 11 is 0. The van der Waals surface area contributed by atoms with Crippen LogP contribution in [0.2, 0.25) is 0 Å². The van der Waals surface area contributed by atoms with E-state index in [9.17, 15) is 4.79 Å². The van der Waals surface area contributed by atoms with Gasteiger partial charge in [0.15, 0.2) is 0 Å². The van der Waals surface area contributed by atoms with E-state index in [0.717, 1.165) is 27.5 Å². The molecule has 2 heterocycles. The van der Waals surface area contributed by atoms with E-state index in [1.165, 1.54) is 0 Å².